The summed E-state index contributed by atoms with van der Waals surface area (Å²) in [5, 5.41) is 5.88. The number of rotatable bonds is 5. The summed E-state index contributed by atoms with van der Waals surface area (Å²) in [4.78, 5) is 11.9. The smallest absolute Gasteiger partial charge is 0.238 e. The Balaban J connectivity index is 1.88. The lowest BCUT2D eigenvalue weighted by atomic mass is 10.1. The molecule has 2 aromatic carbocycles. The summed E-state index contributed by atoms with van der Waals surface area (Å²) in [6.07, 6.45) is 0. The molecule has 0 fully saturated rings. The van der Waals surface area contributed by atoms with Gasteiger partial charge in [-0.3, -0.25) is 4.79 Å². The highest BCUT2D eigenvalue weighted by Crippen LogP contribution is 2.21. The van der Waals surface area contributed by atoms with E-state index in [0.717, 1.165) is 15.7 Å². The van der Waals surface area contributed by atoms with E-state index in [0.29, 0.717) is 0 Å². The molecule has 3 nitrogen and oxygen atoms in total. The third kappa shape index (κ3) is 4.65. The summed E-state index contributed by atoms with van der Waals surface area (Å²) in [6, 6.07) is 13.6. The van der Waals surface area contributed by atoms with Crippen LogP contribution in [0.2, 0.25) is 0 Å². The number of carbonyl (C=O) groups is 1. The first kappa shape index (κ1) is 15.7. The minimum atomic E-state index is -0.279. The topological polar surface area (TPSA) is 41.1 Å². The standard InChI is InChI=1S/C16H16BrFN2O/c1-11(12-5-4-6-13(18)9-12)19-10-16(21)20-15-8-3-2-7-14(15)17/h2-9,11,19H,10H2,1H3,(H,20,21). The van der Waals surface area contributed by atoms with E-state index in [4.69, 9.17) is 0 Å². The SMILES string of the molecule is CC(NCC(=O)Nc1ccccc1Br)c1cccc(F)c1. The summed E-state index contributed by atoms with van der Waals surface area (Å²) in [7, 11) is 0. The molecule has 5 heteroatoms. The van der Waals surface area contributed by atoms with Crippen LogP contribution in [0.25, 0.3) is 0 Å². The van der Waals surface area contributed by atoms with Crippen LogP contribution in [-0.2, 0) is 4.79 Å². The number of nitrogens with one attached hydrogen (secondary N) is 2. The molecule has 1 amide bonds. The zero-order valence-corrected chi connectivity index (χ0v) is 13.2. The fourth-order valence-electron chi connectivity index (χ4n) is 1.90. The van der Waals surface area contributed by atoms with E-state index in [2.05, 4.69) is 26.6 Å². The molecule has 0 aliphatic heterocycles. The highest BCUT2D eigenvalue weighted by Gasteiger charge is 2.09. The number of para-hydroxylation sites is 1. The molecular formula is C16H16BrFN2O. The predicted octanol–water partition coefficient (Wildman–Crippen LogP) is 3.88. The Labute approximate surface area is 131 Å². The van der Waals surface area contributed by atoms with Gasteiger partial charge < -0.3 is 10.6 Å². The number of carbonyl (C=O) groups excluding carboxylic acids is 1. The van der Waals surface area contributed by atoms with Crippen molar-refractivity contribution in [3.63, 3.8) is 0 Å². The van der Waals surface area contributed by atoms with E-state index in [9.17, 15) is 9.18 Å². The van der Waals surface area contributed by atoms with Crippen molar-refractivity contribution in [2.24, 2.45) is 0 Å². The number of halogens is 2. The van der Waals surface area contributed by atoms with Crippen LogP contribution in [0.15, 0.2) is 53.0 Å². The van der Waals surface area contributed by atoms with Crippen LogP contribution in [0.3, 0.4) is 0 Å². The summed E-state index contributed by atoms with van der Waals surface area (Å²) < 4.78 is 14.0. The van der Waals surface area contributed by atoms with Crippen molar-refractivity contribution in [1.82, 2.24) is 5.32 Å². The molecule has 0 radical (unpaired) electrons. The Morgan fingerprint density at radius 1 is 1.24 bits per heavy atom. The maximum absolute atomic E-state index is 13.1. The summed E-state index contributed by atoms with van der Waals surface area (Å²) >= 11 is 3.37. The molecule has 2 rings (SSSR count). The Morgan fingerprint density at radius 2 is 2.00 bits per heavy atom. The van der Waals surface area contributed by atoms with E-state index >= 15 is 0 Å². The van der Waals surface area contributed by atoms with Crippen LogP contribution in [0.4, 0.5) is 10.1 Å². The summed E-state index contributed by atoms with van der Waals surface area (Å²) in [6.45, 7) is 2.04. The number of hydrogen-bond donors (Lipinski definition) is 2. The maximum atomic E-state index is 13.1. The normalized spacial score (nSPS) is 12.0. The third-order valence-corrected chi connectivity index (χ3v) is 3.76. The van der Waals surface area contributed by atoms with E-state index in [1.807, 2.05) is 37.3 Å². The van der Waals surface area contributed by atoms with Gasteiger partial charge in [0, 0.05) is 10.5 Å². The van der Waals surface area contributed by atoms with Gasteiger partial charge in [-0.15, -0.1) is 0 Å². The van der Waals surface area contributed by atoms with Gasteiger partial charge in [0.15, 0.2) is 0 Å². The van der Waals surface area contributed by atoms with Crippen molar-refractivity contribution in [3.8, 4) is 0 Å². The van der Waals surface area contributed by atoms with Gasteiger partial charge in [0.2, 0.25) is 5.91 Å². The van der Waals surface area contributed by atoms with E-state index < -0.39 is 0 Å². The molecule has 1 unspecified atom stereocenters. The predicted molar refractivity (Wildman–Crippen MR) is 85.6 cm³/mol. The molecule has 2 N–H and O–H groups in total. The van der Waals surface area contributed by atoms with Crippen LogP contribution in [0.1, 0.15) is 18.5 Å². The molecule has 21 heavy (non-hydrogen) atoms. The highest BCUT2D eigenvalue weighted by molar-refractivity contribution is 9.10. The zero-order valence-electron chi connectivity index (χ0n) is 11.6. The van der Waals surface area contributed by atoms with Gasteiger partial charge in [-0.05, 0) is 52.7 Å². The molecule has 0 aromatic heterocycles. The lowest BCUT2D eigenvalue weighted by Crippen LogP contribution is -2.30. The fraction of sp³-hybridized carbons (Fsp3) is 0.188. The monoisotopic (exact) mass is 350 g/mol. The molecule has 0 spiro atoms. The van der Waals surface area contributed by atoms with Gasteiger partial charge in [0.1, 0.15) is 5.82 Å². The maximum Gasteiger partial charge on any atom is 0.238 e. The molecule has 0 saturated carbocycles. The van der Waals surface area contributed by atoms with Crippen molar-refractivity contribution in [1.29, 1.82) is 0 Å². The lowest BCUT2D eigenvalue weighted by Gasteiger charge is -2.14. The van der Waals surface area contributed by atoms with Crippen molar-refractivity contribution < 1.29 is 9.18 Å². The second kappa shape index (κ2) is 7.33. The van der Waals surface area contributed by atoms with Gasteiger partial charge in [0.25, 0.3) is 0 Å². The number of benzene rings is 2. The van der Waals surface area contributed by atoms with Crippen molar-refractivity contribution in [3.05, 3.63) is 64.4 Å². The van der Waals surface area contributed by atoms with Crippen LogP contribution < -0.4 is 10.6 Å². The molecule has 0 aliphatic rings. The highest BCUT2D eigenvalue weighted by atomic mass is 79.9. The number of hydrogen-bond acceptors (Lipinski definition) is 2. The molecule has 2 aromatic rings. The van der Waals surface area contributed by atoms with Gasteiger partial charge in [-0.2, -0.15) is 0 Å². The molecule has 0 bridgehead atoms. The minimum Gasteiger partial charge on any atom is -0.324 e. The largest absolute Gasteiger partial charge is 0.324 e. The number of amides is 1. The lowest BCUT2D eigenvalue weighted by molar-refractivity contribution is -0.115. The second-order valence-electron chi connectivity index (χ2n) is 4.69. The summed E-state index contributed by atoms with van der Waals surface area (Å²) in [5.74, 6) is -0.427. The van der Waals surface area contributed by atoms with Gasteiger partial charge in [0.05, 0.1) is 12.2 Å². The zero-order chi connectivity index (χ0) is 15.2. The van der Waals surface area contributed by atoms with Crippen LogP contribution >= 0.6 is 15.9 Å². The van der Waals surface area contributed by atoms with Gasteiger partial charge in [-0.1, -0.05) is 24.3 Å². The molecule has 0 heterocycles. The van der Waals surface area contributed by atoms with Crippen LogP contribution in [-0.4, -0.2) is 12.5 Å². The Morgan fingerprint density at radius 3 is 2.71 bits per heavy atom. The molecule has 110 valence electrons. The summed E-state index contributed by atoms with van der Waals surface area (Å²) in [5.41, 5.74) is 1.53. The van der Waals surface area contributed by atoms with Crippen molar-refractivity contribution >= 4 is 27.5 Å². The first-order chi connectivity index (χ1) is 10.1. The quantitative estimate of drug-likeness (QED) is 0.859. The average molecular weight is 351 g/mol. The van der Waals surface area contributed by atoms with Gasteiger partial charge >= 0.3 is 0 Å². The Kier molecular flexibility index (Phi) is 5.47. The van der Waals surface area contributed by atoms with Gasteiger partial charge in [-0.25, -0.2) is 4.39 Å². The average Bonchev–Trinajstić information content (AvgIpc) is 2.47. The number of anilines is 1. The molecule has 0 aliphatic carbocycles. The first-order valence-corrected chi connectivity index (χ1v) is 7.39. The van der Waals surface area contributed by atoms with Crippen molar-refractivity contribution in [2.45, 2.75) is 13.0 Å². The Bertz CT molecular complexity index is 633. The third-order valence-electron chi connectivity index (χ3n) is 3.07. The van der Waals surface area contributed by atoms with Crippen LogP contribution in [0, 0.1) is 5.82 Å². The van der Waals surface area contributed by atoms with Crippen LogP contribution in [0.5, 0.6) is 0 Å². The molecule has 0 saturated heterocycles. The second-order valence-corrected chi connectivity index (χ2v) is 5.54. The molecular weight excluding hydrogens is 335 g/mol. The van der Waals surface area contributed by atoms with E-state index in [-0.39, 0.29) is 24.3 Å². The van der Waals surface area contributed by atoms with E-state index in [1.54, 1.807) is 6.07 Å². The first-order valence-electron chi connectivity index (χ1n) is 6.59. The van der Waals surface area contributed by atoms with Crippen molar-refractivity contribution in [2.75, 3.05) is 11.9 Å². The fourth-order valence-corrected chi connectivity index (χ4v) is 2.28. The minimum absolute atomic E-state index is 0.106. The van der Waals surface area contributed by atoms with E-state index in [1.165, 1.54) is 12.1 Å². The Hall–Kier alpha value is -1.72. The molecule has 1 atom stereocenters.